The Morgan fingerprint density at radius 3 is 2.62 bits per heavy atom. The quantitative estimate of drug-likeness (QED) is 0.453. The second-order valence-corrected chi connectivity index (χ2v) is 2.54. The molecule has 1 aliphatic rings. The van der Waals surface area contributed by atoms with Crippen LogP contribution < -0.4 is 0 Å². The lowest BCUT2D eigenvalue weighted by molar-refractivity contribution is 0.220. The van der Waals surface area contributed by atoms with Gasteiger partial charge in [0, 0.05) is 6.04 Å². The summed E-state index contributed by atoms with van der Waals surface area (Å²) in [6.07, 6.45) is 3.81. The third-order valence-electron chi connectivity index (χ3n) is 1.83. The predicted molar refractivity (Wildman–Crippen MR) is 34.6 cm³/mol. The maximum atomic E-state index is 5.70. The fourth-order valence-electron chi connectivity index (χ4n) is 1.10. The lowest BCUT2D eigenvalue weighted by atomic mass is 10.1. The highest BCUT2D eigenvalue weighted by Crippen LogP contribution is 2.12. The fourth-order valence-corrected chi connectivity index (χ4v) is 1.10. The van der Waals surface area contributed by atoms with Gasteiger partial charge in [-0.1, -0.05) is 6.42 Å². The van der Waals surface area contributed by atoms with Gasteiger partial charge in [0.25, 0.3) is 0 Å². The molecule has 0 saturated carbocycles. The summed E-state index contributed by atoms with van der Waals surface area (Å²) >= 11 is 0. The van der Waals surface area contributed by atoms with E-state index in [2.05, 4.69) is 11.9 Å². The highest BCUT2D eigenvalue weighted by molar-refractivity contribution is 4.74. The van der Waals surface area contributed by atoms with E-state index in [0.29, 0.717) is 6.04 Å². The zero-order valence-corrected chi connectivity index (χ0v) is 5.43. The third-order valence-corrected chi connectivity index (χ3v) is 1.83. The van der Waals surface area contributed by atoms with Gasteiger partial charge in [0.05, 0.1) is 0 Å². The summed E-state index contributed by atoms with van der Waals surface area (Å²) in [7, 11) is 2.09. The molecule has 0 aromatic rings. The van der Waals surface area contributed by atoms with E-state index in [1.807, 2.05) is 0 Å². The summed E-state index contributed by atoms with van der Waals surface area (Å²) in [5.41, 5.74) is 0. The Bertz CT molecular complexity index is 60.8. The van der Waals surface area contributed by atoms with Crippen molar-refractivity contribution in [2.45, 2.75) is 25.3 Å². The van der Waals surface area contributed by atoms with Gasteiger partial charge in [0.15, 0.2) is 0 Å². The topological polar surface area (TPSA) is 3.24 Å². The maximum Gasteiger partial charge on any atom is 0.0127 e. The van der Waals surface area contributed by atoms with Gasteiger partial charge in [0.2, 0.25) is 0 Å². The number of piperidine rings is 1. The molecule has 0 amide bonds. The molecule has 1 nitrogen and oxygen atoms in total. The van der Waals surface area contributed by atoms with Crippen molar-refractivity contribution in [2.75, 3.05) is 13.6 Å². The Hall–Kier alpha value is -0.0400. The second kappa shape index (κ2) is 2.49. The Balaban J connectivity index is 2.28. The molecule has 1 rings (SSSR count). The van der Waals surface area contributed by atoms with Crippen molar-refractivity contribution in [3.8, 4) is 0 Å². The highest BCUT2D eigenvalue weighted by Gasteiger charge is 2.12. The second-order valence-electron chi connectivity index (χ2n) is 2.54. The minimum absolute atomic E-state index is 0.337. The van der Waals surface area contributed by atoms with Gasteiger partial charge in [-0.05, 0) is 33.4 Å². The summed E-state index contributed by atoms with van der Waals surface area (Å²) in [5.74, 6) is 0. The molecular formula is C7H13N. The van der Waals surface area contributed by atoms with Gasteiger partial charge in [0.1, 0.15) is 0 Å². The van der Waals surface area contributed by atoms with Crippen molar-refractivity contribution < 1.29 is 0 Å². The summed E-state index contributed by atoms with van der Waals surface area (Å²) in [5, 5.41) is 0. The standard InChI is InChI=1S/C7H13N/c1-7-5-3-4-6-8(7)2/h1,7H,3-6H2,2H3. The molecule has 0 aromatic heterocycles. The summed E-state index contributed by atoms with van der Waals surface area (Å²) < 4.78 is 0. The minimum atomic E-state index is 0.337. The number of likely N-dealkylation sites (tertiary alicyclic amines) is 1. The molecule has 0 aliphatic carbocycles. The first-order chi connectivity index (χ1) is 3.80. The van der Waals surface area contributed by atoms with Crippen LogP contribution in [-0.2, 0) is 0 Å². The van der Waals surface area contributed by atoms with Crippen LogP contribution in [0.2, 0.25) is 0 Å². The zero-order chi connectivity index (χ0) is 5.98. The first-order valence-corrected chi connectivity index (χ1v) is 3.26. The van der Waals surface area contributed by atoms with Crippen LogP contribution in [0, 0.1) is 6.92 Å². The van der Waals surface area contributed by atoms with Crippen LogP contribution in [0.5, 0.6) is 0 Å². The monoisotopic (exact) mass is 111 g/mol. The molecule has 46 valence electrons. The number of hydrogen-bond donors (Lipinski definition) is 0. The predicted octanol–water partition coefficient (Wildman–Crippen LogP) is 1.18. The SMILES string of the molecule is [CH]C1CCCCN1C. The van der Waals surface area contributed by atoms with Crippen LogP contribution in [-0.4, -0.2) is 24.5 Å². The number of nitrogens with zero attached hydrogens (tertiary/aromatic N) is 1. The summed E-state index contributed by atoms with van der Waals surface area (Å²) in [6, 6.07) is 0.337. The van der Waals surface area contributed by atoms with Crippen molar-refractivity contribution in [3.05, 3.63) is 6.92 Å². The molecule has 1 atom stereocenters. The average molecular weight is 111 g/mol. The molecule has 0 aromatic carbocycles. The van der Waals surface area contributed by atoms with Gasteiger partial charge < -0.3 is 4.90 Å². The van der Waals surface area contributed by atoms with Crippen molar-refractivity contribution in [1.29, 1.82) is 0 Å². The molecule has 1 aliphatic heterocycles. The van der Waals surface area contributed by atoms with Gasteiger partial charge in [-0.15, -0.1) is 0 Å². The van der Waals surface area contributed by atoms with E-state index in [1.165, 1.54) is 25.8 Å². The first kappa shape index (κ1) is 6.09. The van der Waals surface area contributed by atoms with E-state index in [0.717, 1.165) is 0 Å². The van der Waals surface area contributed by atoms with E-state index >= 15 is 0 Å². The molecule has 1 unspecified atom stereocenters. The molecule has 1 fully saturated rings. The van der Waals surface area contributed by atoms with Gasteiger partial charge in [-0.2, -0.15) is 0 Å². The molecular weight excluding hydrogens is 98.1 g/mol. The summed E-state index contributed by atoms with van der Waals surface area (Å²) in [4.78, 5) is 2.21. The van der Waals surface area contributed by atoms with Crippen LogP contribution in [0.15, 0.2) is 0 Å². The lowest BCUT2D eigenvalue weighted by Gasteiger charge is -2.28. The molecule has 1 saturated heterocycles. The third kappa shape index (κ3) is 1.22. The van der Waals surface area contributed by atoms with Crippen molar-refractivity contribution in [2.24, 2.45) is 0 Å². The van der Waals surface area contributed by atoms with Crippen molar-refractivity contribution >= 4 is 0 Å². The van der Waals surface area contributed by atoms with Crippen LogP contribution in [0.4, 0.5) is 0 Å². The molecule has 0 bridgehead atoms. The fraction of sp³-hybridized carbons (Fsp3) is 0.857. The van der Waals surface area contributed by atoms with Crippen LogP contribution in [0.25, 0.3) is 0 Å². The van der Waals surface area contributed by atoms with Crippen molar-refractivity contribution in [1.82, 2.24) is 4.90 Å². The van der Waals surface area contributed by atoms with Crippen LogP contribution in [0.1, 0.15) is 19.3 Å². The van der Waals surface area contributed by atoms with Gasteiger partial charge >= 0.3 is 0 Å². The van der Waals surface area contributed by atoms with Gasteiger partial charge in [-0.3, -0.25) is 0 Å². The largest absolute Gasteiger partial charge is 0.303 e. The summed E-state index contributed by atoms with van der Waals surface area (Å²) in [6.45, 7) is 6.89. The molecule has 8 heavy (non-hydrogen) atoms. The Morgan fingerprint density at radius 2 is 2.25 bits per heavy atom. The number of rotatable bonds is 0. The van der Waals surface area contributed by atoms with Crippen LogP contribution >= 0.6 is 0 Å². The smallest absolute Gasteiger partial charge is 0.0127 e. The average Bonchev–Trinajstić information content (AvgIpc) is 1.77. The maximum absolute atomic E-state index is 5.70. The minimum Gasteiger partial charge on any atom is -0.303 e. The number of hydrogen-bond acceptors (Lipinski definition) is 1. The first-order valence-electron chi connectivity index (χ1n) is 3.26. The van der Waals surface area contributed by atoms with E-state index in [9.17, 15) is 0 Å². The van der Waals surface area contributed by atoms with E-state index in [4.69, 9.17) is 6.92 Å². The van der Waals surface area contributed by atoms with E-state index < -0.39 is 0 Å². The molecule has 1 heteroatoms. The lowest BCUT2D eigenvalue weighted by Crippen LogP contribution is -2.33. The highest BCUT2D eigenvalue weighted by atomic mass is 15.1. The van der Waals surface area contributed by atoms with E-state index in [1.54, 1.807) is 0 Å². The Kier molecular flexibility index (Phi) is 1.90. The Morgan fingerprint density at radius 1 is 1.50 bits per heavy atom. The van der Waals surface area contributed by atoms with Gasteiger partial charge in [-0.25, -0.2) is 0 Å². The zero-order valence-electron chi connectivity index (χ0n) is 5.43. The molecule has 2 radical (unpaired) electrons. The van der Waals surface area contributed by atoms with Crippen molar-refractivity contribution in [3.63, 3.8) is 0 Å². The normalized spacial score (nSPS) is 33.0. The van der Waals surface area contributed by atoms with Crippen LogP contribution in [0.3, 0.4) is 0 Å². The molecule has 1 heterocycles. The van der Waals surface area contributed by atoms with E-state index in [-0.39, 0.29) is 0 Å². The molecule has 0 N–H and O–H groups in total. The molecule has 0 spiro atoms. The Labute approximate surface area is 51.7 Å².